The molecule has 0 N–H and O–H groups in total. The van der Waals surface area contributed by atoms with Crippen molar-refractivity contribution in [1.82, 2.24) is 0 Å². The Balaban J connectivity index is 2.88. The van der Waals surface area contributed by atoms with Gasteiger partial charge in [-0.3, -0.25) is 4.79 Å². The van der Waals surface area contributed by atoms with E-state index in [9.17, 15) is 4.79 Å². The lowest BCUT2D eigenvalue weighted by Crippen LogP contribution is -2.00. The maximum absolute atomic E-state index is 10.7. The first-order chi connectivity index (χ1) is 6.56. The van der Waals surface area contributed by atoms with Crippen LogP contribution in [0.3, 0.4) is 0 Å². The standard InChI is InChI=1S/C10H13BrO2S/c1-4-9-8(5-13-7(3)12)6(2)10(11)14-9/h4-5H2,1-3H3. The normalized spacial score (nSPS) is 10.3. The number of esters is 1. The summed E-state index contributed by atoms with van der Waals surface area (Å²) in [4.78, 5) is 12.0. The molecule has 0 aromatic carbocycles. The number of aryl methyl sites for hydroxylation is 1. The van der Waals surface area contributed by atoms with Crippen LogP contribution in [0.25, 0.3) is 0 Å². The molecule has 0 spiro atoms. The van der Waals surface area contributed by atoms with Crippen LogP contribution in [-0.2, 0) is 22.6 Å². The SMILES string of the molecule is CCc1sc(Br)c(C)c1COC(C)=O. The first kappa shape index (κ1) is 11.7. The molecule has 0 bridgehead atoms. The number of carbonyl (C=O) groups is 1. The van der Waals surface area contributed by atoms with Gasteiger partial charge in [0.2, 0.25) is 0 Å². The minimum absolute atomic E-state index is 0.228. The number of halogens is 1. The lowest BCUT2D eigenvalue weighted by Gasteiger charge is -2.03. The van der Waals surface area contributed by atoms with Crippen LogP contribution in [0.4, 0.5) is 0 Å². The Bertz CT molecular complexity index is 344. The summed E-state index contributed by atoms with van der Waals surface area (Å²) in [6.07, 6.45) is 0.980. The van der Waals surface area contributed by atoms with Crippen molar-refractivity contribution >= 4 is 33.2 Å². The molecule has 0 atom stereocenters. The Morgan fingerprint density at radius 1 is 1.57 bits per heavy atom. The van der Waals surface area contributed by atoms with Gasteiger partial charge in [-0.05, 0) is 34.8 Å². The van der Waals surface area contributed by atoms with Gasteiger partial charge in [0.05, 0.1) is 3.79 Å². The minimum atomic E-state index is -0.228. The second kappa shape index (κ2) is 4.94. The summed E-state index contributed by atoms with van der Waals surface area (Å²) >= 11 is 5.21. The van der Waals surface area contributed by atoms with Crippen molar-refractivity contribution in [2.24, 2.45) is 0 Å². The zero-order valence-corrected chi connectivity index (χ0v) is 10.9. The molecule has 0 saturated carbocycles. The van der Waals surface area contributed by atoms with E-state index in [1.165, 1.54) is 17.4 Å². The molecule has 1 rings (SSSR count). The quantitative estimate of drug-likeness (QED) is 0.791. The summed E-state index contributed by atoms with van der Waals surface area (Å²) < 4.78 is 6.15. The molecule has 1 heterocycles. The molecule has 0 saturated heterocycles. The van der Waals surface area contributed by atoms with E-state index in [1.54, 1.807) is 11.3 Å². The Morgan fingerprint density at radius 3 is 2.71 bits per heavy atom. The van der Waals surface area contributed by atoms with Crippen LogP contribution in [0.2, 0.25) is 0 Å². The largest absolute Gasteiger partial charge is 0.461 e. The van der Waals surface area contributed by atoms with E-state index in [0.717, 1.165) is 15.8 Å². The maximum atomic E-state index is 10.7. The van der Waals surface area contributed by atoms with Crippen molar-refractivity contribution in [3.63, 3.8) is 0 Å². The van der Waals surface area contributed by atoms with E-state index in [1.807, 2.05) is 6.92 Å². The molecule has 0 aliphatic carbocycles. The predicted molar refractivity (Wildman–Crippen MR) is 61.6 cm³/mol. The number of carbonyl (C=O) groups excluding carboxylic acids is 1. The van der Waals surface area contributed by atoms with E-state index in [-0.39, 0.29) is 5.97 Å². The smallest absolute Gasteiger partial charge is 0.302 e. The van der Waals surface area contributed by atoms with Gasteiger partial charge >= 0.3 is 5.97 Å². The lowest BCUT2D eigenvalue weighted by molar-refractivity contribution is -0.142. The highest BCUT2D eigenvalue weighted by Crippen LogP contribution is 2.33. The summed E-state index contributed by atoms with van der Waals surface area (Å²) in [5, 5.41) is 0. The highest BCUT2D eigenvalue weighted by atomic mass is 79.9. The van der Waals surface area contributed by atoms with Gasteiger partial charge in [0, 0.05) is 17.4 Å². The second-order valence-corrected chi connectivity index (χ2v) is 5.46. The minimum Gasteiger partial charge on any atom is -0.461 e. The van der Waals surface area contributed by atoms with Gasteiger partial charge in [-0.15, -0.1) is 11.3 Å². The van der Waals surface area contributed by atoms with E-state index in [4.69, 9.17) is 4.74 Å². The molecule has 0 aliphatic rings. The predicted octanol–water partition coefficient (Wildman–Crippen LogP) is 3.44. The second-order valence-electron chi connectivity index (χ2n) is 3.04. The fourth-order valence-corrected chi connectivity index (χ4v) is 3.02. The van der Waals surface area contributed by atoms with Gasteiger partial charge in [-0.25, -0.2) is 0 Å². The highest BCUT2D eigenvalue weighted by Gasteiger charge is 2.12. The highest BCUT2D eigenvalue weighted by molar-refractivity contribution is 9.11. The van der Waals surface area contributed by atoms with Crippen molar-refractivity contribution in [2.45, 2.75) is 33.8 Å². The van der Waals surface area contributed by atoms with Crippen LogP contribution >= 0.6 is 27.3 Å². The van der Waals surface area contributed by atoms with Crippen molar-refractivity contribution in [2.75, 3.05) is 0 Å². The van der Waals surface area contributed by atoms with Crippen molar-refractivity contribution in [3.8, 4) is 0 Å². The molecule has 0 radical (unpaired) electrons. The molecule has 14 heavy (non-hydrogen) atoms. The number of ether oxygens (including phenoxy) is 1. The number of hydrogen-bond donors (Lipinski definition) is 0. The number of hydrogen-bond acceptors (Lipinski definition) is 3. The third-order valence-corrected chi connectivity index (χ3v) is 4.39. The Hall–Kier alpha value is -0.350. The molecule has 78 valence electrons. The average molecular weight is 277 g/mol. The Kier molecular flexibility index (Phi) is 4.13. The molecule has 2 nitrogen and oxygen atoms in total. The third-order valence-electron chi connectivity index (χ3n) is 2.04. The van der Waals surface area contributed by atoms with Gasteiger partial charge in [-0.1, -0.05) is 6.92 Å². The van der Waals surface area contributed by atoms with Gasteiger partial charge in [0.1, 0.15) is 6.61 Å². The van der Waals surface area contributed by atoms with E-state index in [2.05, 4.69) is 22.9 Å². The maximum Gasteiger partial charge on any atom is 0.302 e. The number of thiophene rings is 1. The Morgan fingerprint density at radius 2 is 2.21 bits per heavy atom. The van der Waals surface area contributed by atoms with Crippen LogP contribution in [-0.4, -0.2) is 5.97 Å². The van der Waals surface area contributed by atoms with Crippen molar-refractivity contribution in [3.05, 3.63) is 19.8 Å². The average Bonchev–Trinajstić information content (AvgIpc) is 2.40. The molecule has 0 aliphatic heterocycles. The zero-order valence-electron chi connectivity index (χ0n) is 8.52. The first-order valence-electron chi connectivity index (χ1n) is 4.46. The summed E-state index contributed by atoms with van der Waals surface area (Å²) in [6, 6.07) is 0. The molecule has 0 fully saturated rings. The first-order valence-corrected chi connectivity index (χ1v) is 6.07. The van der Waals surface area contributed by atoms with Gasteiger partial charge in [0.25, 0.3) is 0 Å². The molecule has 1 aromatic rings. The van der Waals surface area contributed by atoms with Crippen molar-refractivity contribution in [1.29, 1.82) is 0 Å². The van der Waals surface area contributed by atoms with Crippen LogP contribution in [0, 0.1) is 6.92 Å². The zero-order chi connectivity index (χ0) is 10.7. The summed E-state index contributed by atoms with van der Waals surface area (Å²) in [5.41, 5.74) is 2.34. The fourth-order valence-electron chi connectivity index (χ4n) is 1.22. The molecule has 0 unspecified atom stereocenters. The third kappa shape index (κ3) is 2.58. The van der Waals surface area contributed by atoms with Crippen molar-refractivity contribution < 1.29 is 9.53 Å². The monoisotopic (exact) mass is 276 g/mol. The Labute approximate surface area is 96.4 Å². The van der Waals surface area contributed by atoms with Crippen LogP contribution in [0.1, 0.15) is 29.9 Å². The van der Waals surface area contributed by atoms with Gasteiger partial charge in [0.15, 0.2) is 0 Å². The van der Waals surface area contributed by atoms with E-state index in [0.29, 0.717) is 6.61 Å². The lowest BCUT2D eigenvalue weighted by atomic mass is 10.1. The fraction of sp³-hybridized carbons (Fsp3) is 0.500. The van der Waals surface area contributed by atoms with Crippen LogP contribution < -0.4 is 0 Å². The topological polar surface area (TPSA) is 26.3 Å². The summed E-state index contributed by atoms with van der Waals surface area (Å²) in [7, 11) is 0. The van der Waals surface area contributed by atoms with E-state index < -0.39 is 0 Å². The number of rotatable bonds is 3. The van der Waals surface area contributed by atoms with Gasteiger partial charge in [-0.2, -0.15) is 0 Å². The molecular formula is C10H13BrO2S. The molecular weight excluding hydrogens is 264 g/mol. The summed E-state index contributed by atoms with van der Waals surface area (Å²) in [6.45, 7) is 5.97. The van der Waals surface area contributed by atoms with E-state index >= 15 is 0 Å². The molecule has 0 amide bonds. The molecule has 1 aromatic heterocycles. The van der Waals surface area contributed by atoms with Crippen LogP contribution in [0.5, 0.6) is 0 Å². The van der Waals surface area contributed by atoms with Crippen LogP contribution in [0.15, 0.2) is 3.79 Å². The molecule has 4 heteroatoms. The summed E-state index contributed by atoms with van der Waals surface area (Å²) in [5.74, 6) is -0.228. The van der Waals surface area contributed by atoms with Gasteiger partial charge < -0.3 is 4.74 Å².